The van der Waals surface area contributed by atoms with Crippen molar-refractivity contribution >= 4 is 40.4 Å². The minimum absolute atomic E-state index is 0.0354. The van der Waals surface area contributed by atoms with Gasteiger partial charge in [0.15, 0.2) is 11.0 Å². The molecule has 3 aromatic rings. The number of amidine groups is 1. The molecule has 8 nitrogen and oxygen atoms in total. The van der Waals surface area contributed by atoms with Crippen molar-refractivity contribution in [3.8, 4) is 11.3 Å². The Kier molecular flexibility index (Phi) is 6.00. The first-order valence-corrected chi connectivity index (χ1v) is 10.4. The largest absolute Gasteiger partial charge is 0.456 e. The lowest BCUT2D eigenvalue weighted by atomic mass is 10.1. The molecular formula is C23H18N4O4S. The van der Waals surface area contributed by atoms with Gasteiger partial charge in [0.25, 0.3) is 11.6 Å². The molecule has 4 rings (SSSR count). The fourth-order valence-electron chi connectivity index (χ4n) is 3.10. The van der Waals surface area contributed by atoms with Gasteiger partial charge in [-0.15, -0.1) is 6.58 Å². The highest BCUT2D eigenvalue weighted by Gasteiger charge is 2.33. The van der Waals surface area contributed by atoms with Crippen LogP contribution in [0.15, 0.2) is 81.7 Å². The Morgan fingerprint density at radius 3 is 2.84 bits per heavy atom. The lowest BCUT2D eigenvalue weighted by Gasteiger charge is -2.12. The summed E-state index contributed by atoms with van der Waals surface area (Å²) in [5.74, 6) is 1.02. The number of carbonyl (C=O) groups is 1. The van der Waals surface area contributed by atoms with Gasteiger partial charge >= 0.3 is 0 Å². The minimum Gasteiger partial charge on any atom is -0.456 e. The molecule has 0 N–H and O–H groups in total. The van der Waals surface area contributed by atoms with Crippen LogP contribution in [0.4, 0.5) is 11.5 Å². The quantitative estimate of drug-likeness (QED) is 0.219. The van der Waals surface area contributed by atoms with Crippen molar-refractivity contribution in [1.82, 2.24) is 9.88 Å². The Bertz CT molecular complexity index is 1260. The molecule has 1 aliphatic rings. The van der Waals surface area contributed by atoms with Crippen molar-refractivity contribution < 1.29 is 14.1 Å². The van der Waals surface area contributed by atoms with E-state index >= 15 is 0 Å². The Labute approximate surface area is 188 Å². The number of aliphatic imine (C=N–C) groups is 1. The molecule has 0 aliphatic carbocycles. The van der Waals surface area contributed by atoms with E-state index in [0.717, 1.165) is 5.56 Å². The van der Waals surface area contributed by atoms with E-state index < -0.39 is 4.92 Å². The van der Waals surface area contributed by atoms with E-state index in [4.69, 9.17) is 4.42 Å². The summed E-state index contributed by atoms with van der Waals surface area (Å²) in [6, 6.07) is 13.6. The van der Waals surface area contributed by atoms with Gasteiger partial charge < -0.3 is 4.42 Å². The van der Waals surface area contributed by atoms with Crippen molar-refractivity contribution in [2.24, 2.45) is 4.99 Å². The van der Waals surface area contributed by atoms with Gasteiger partial charge in [-0.1, -0.05) is 18.2 Å². The summed E-state index contributed by atoms with van der Waals surface area (Å²) in [7, 11) is 0. The zero-order chi connectivity index (χ0) is 22.7. The number of hydrogen-bond donors (Lipinski definition) is 0. The number of aromatic nitrogens is 1. The molecule has 0 bridgehead atoms. The number of nitro groups is 1. The topological polar surface area (TPSA) is 102 Å². The number of furan rings is 1. The molecule has 3 heterocycles. The monoisotopic (exact) mass is 446 g/mol. The Morgan fingerprint density at radius 2 is 2.12 bits per heavy atom. The SMILES string of the molecule is C=CCN1C(=O)/C(=C\c2ccc(-c3ccc(C)cc3[N+](=O)[O-])o2)S/C1=N/c1ccccn1. The van der Waals surface area contributed by atoms with E-state index in [1.165, 1.54) is 22.7 Å². The number of pyridine rings is 1. The number of thioether (sulfide) groups is 1. The molecule has 0 saturated carbocycles. The molecule has 0 unspecified atom stereocenters. The van der Waals surface area contributed by atoms with Crippen LogP contribution in [0.1, 0.15) is 11.3 Å². The standard InChI is InChI=1S/C23H18N4O4S/c1-3-12-26-22(28)20(32-23(26)25-21-6-4-5-11-24-21)14-16-8-10-19(31-16)17-9-7-15(2)13-18(17)27(29)30/h3-11,13-14H,1,12H2,2H3/b20-14+,25-23+. The lowest BCUT2D eigenvalue weighted by Crippen LogP contribution is -2.29. The fourth-order valence-corrected chi connectivity index (χ4v) is 4.08. The lowest BCUT2D eigenvalue weighted by molar-refractivity contribution is -0.384. The van der Waals surface area contributed by atoms with Crippen molar-refractivity contribution in [2.75, 3.05) is 6.54 Å². The van der Waals surface area contributed by atoms with Gasteiger partial charge in [-0.2, -0.15) is 0 Å². The number of benzene rings is 1. The van der Waals surface area contributed by atoms with Gasteiger partial charge in [-0.05, 0) is 54.6 Å². The van der Waals surface area contributed by atoms with E-state index in [1.54, 1.807) is 61.7 Å². The second-order valence-electron chi connectivity index (χ2n) is 6.88. The van der Waals surface area contributed by atoms with Crippen LogP contribution >= 0.6 is 11.8 Å². The maximum Gasteiger partial charge on any atom is 0.280 e. The molecule has 9 heteroatoms. The first-order valence-electron chi connectivity index (χ1n) is 9.63. The summed E-state index contributed by atoms with van der Waals surface area (Å²) in [5, 5.41) is 11.9. The van der Waals surface area contributed by atoms with E-state index in [0.29, 0.717) is 39.5 Å². The van der Waals surface area contributed by atoms with Crippen LogP contribution in [0, 0.1) is 17.0 Å². The molecule has 160 valence electrons. The van der Waals surface area contributed by atoms with Crippen LogP contribution in [0.5, 0.6) is 0 Å². The summed E-state index contributed by atoms with van der Waals surface area (Å²) in [6.45, 7) is 5.80. The highest BCUT2D eigenvalue weighted by Crippen LogP contribution is 2.36. The van der Waals surface area contributed by atoms with Gasteiger partial charge in [0.05, 0.1) is 15.4 Å². The average Bonchev–Trinajstić information content (AvgIpc) is 3.35. The maximum absolute atomic E-state index is 12.9. The first kappa shape index (κ1) is 21.3. The predicted octanol–water partition coefficient (Wildman–Crippen LogP) is 5.35. The van der Waals surface area contributed by atoms with E-state index in [-0.39, 0.29) is 11.6 Å². The molecule has 1 saturated heterocycles. The Hall–Kier alpha value is -3.98. The fraction of sp³-hybridized carbons (Fsp3) is 0.0870. The molecule has 1 amide bonds. The highest BCUT2D eigenvalue weighted by molar-refractivity contribution is 8.18. The second-order valence-corrected chi connectivity index (χ2v) is 7.89. The number of nitrogens with zero attached hydrogens (tertiary/aromatic N) is 4. The summed E-state index contributed by atoms with van der Waals surface area (Å²) in [6.07, 6.45) is 4.86. The number of rotatable bonds is 6. The van der Waals surface area contributed by atoms with Crippen molar-refractivity contribution in [1.29, 1.82) is 0 Å². The third-order valence-electron chi connectivity index (χ3n) is 4.57. The van der Waals surface area contributed by atoms with Gasteiger partial charge in [-0.3, -0.25) is 19.8 Å². The molecule has 1 aromatic carbocycles. The number of nitro benzene ring substituents is 1. The number of hydrogen-bond acceptors (Lipinski definition) is 7. The van der Waals surface area contributed by atoms with E-state index in [9.17, 15) is 14.9 Å². The highest BCUT2D eigenvalue weighted by atomic mass is 32.2. The summed E-state index contributed by atoms with van der Waals surface area (Å²) in [4.78, 5) is 34.5. The number of amides is 1. The van der Waals surface area contributed by atoms with Crippen LogP contribution in [0.2, 0.25) is 0 Å². The van der Waals surface area contributed by atoms with Crippen molar-refractivity contribution in [2.45, 2.75) is 6.92 Å². The van der Waals surface area contributed by atoms with Crippen LogP contribution in [-0.4, -0.2) is 32.4 Å². The van der Waals surface area contributed by atoms with Crippen LogP contribution in [0.3, 0.4) is 0 Å². The third-order valence-corrected chi connectivity index (χ3v) is 5.58. The summed E-state index contributed by atoms with van der Waals surface area (Å²) < 4.78 is 5.82. The molecular weight excluding hydrogens is 428 g/mol. The molecule has 1 fully saturated rings. The molecule has 0 spiro atoms. The molecule has 32 heavy (non-hydrogen) atoms. The molecule has 0 radical (unpaired) electrons. The van der Waals surface area contributed by atoms with E-state index in [2.05, 4.69) is 16.6 Å². The average molecular weight is 446 g/mol. The minimum atomic E-state index is -0.438. The van der Waals surface area contributed by atoms with Crippen molar-refractivity contribution in [3.05, 3.63) is 93.7 Å². The summed E-state index contributed by atoms with van der Waals surface area (Å²) >= 11 is 1.20. The molecule has 0 atom stereocenters. The third kappa shape index (κ3) is 4.37. The zero-order valence-corrected chi connectivity index (χ0v) is 17.9. The van der Waals surface area contributed by atoms with Gasteiger partial charge in [-0.25, -0.2) is 9.98 Å². The Balaban J connectivity index is 1.66. The zero-order valence-electron chi connectivity index (χ0n) is 17.1. The number of aryl methyl sites for hydroxylation is 1. The molecule has 2 aromatic heterocycles. The van der Waals surface area contributed by atoms with Crippen molar-refractivity contribution in [3.63, 3.8) is 0 Å². The second kappa shape index (κ2) is 9.03. The molecule has 1 aliphatic heterocycles. The van der Waals surface area contributed by atoms with Gasteiger partial charge in [0, 0.05) is 24.9 Å². The van der Waals surface area contributed by atoms with Crippen LogP contribution in [0.25, 0.3) is 17.4 Å². The number of carbonyl (C=O) groups excluding carboxylic acids is 1. The first-order chi connectivity index (χ1) is 15.5. The predicted molar refractivity (Wildman–Crippen MR) is 124 cm³/mol. The summed E-state index contributed by atoms with van der Waals surface area (Å²) in [5.41, 5.74) is 1.12. The maximum atomic E-state index is 12.9. The Morgan fingerprint density at radius 1 is 1.28 bits per heavy atom. The van der Waals surface area contributed by atoms with Gasteiger partial charge in [0.1, 0.15) is 11.5 Å². The van der Waals surface area contributed by atoms with Gasteiger partial charge in [0.2, 0.25) is 0 Å². The smallest absolute Gasteiger partial charge is 0.280 e. The van der Waals surface area contributed by atoms with E-state index in [1.807, 2.05) is 6.07 Å². The van der Waals surface area contributed by atoms with Crippen LogP contribution in [-0.2, 0) is 4.79 Å². The van der Waals surface area contributed by atoms with Crippen LogP contribution < -0.4 is 0 Å². The normalized spacial score (nSPS) is 16.2.